The molecule has 3 rings (SSSR count). The van der Waals surface area contributed by atoms with Crippen LogP contribution in [0.15, 0.2) is 36.7 Å². The second kappa shape index (κ2) is 7.07. The molecule has 0 saturated carbocycles. The molecule has 1 saturated heterocycles. The van der Waals surface area contributed by atoms with Gasteiger partial charge in [-0.1, -0.05) is 12.1 Å². The van der Waals surface area contributed by atoms with E-state index >= 15 is 0 Å². The summed E-state index contributed by atoms with van der Waals surface area (Å²) in [7, 11) is 4.09. The molecule has 0 N–H and O–H groups in total. The summed E-state index contributed by atoms with van der Waals surface area (Å²) in [5.74, 6) is 0.223. The molecule has 0 bridgehead atoms. The average Bonchev–Trinajstić information content (AvgIpc) is 3.21. The molecule has 5 heteroatoms. The Morgan fingerprint density at radius 2 is 2.21 bits per heavy atom. The number of aryl methyl sites for hydroxylation is 2. The zero-order chi connectivity index (χ0) is 17.1. The lowest BCUT2D eigenvalue weighted by Gasteiger charge is -2.26. The van der Waals surface area contributed by atoms with Gasteiger partial charge >= 0.3 is 0 Å². The minimum absolute atomic E-state index is 0.205. The van der Waals surface area contributed by atoms with E-state index in [-0.39, 0.29) is 11.9 Å². The van der Waals surface area contributed by atoms with Gasteiger partial charge in [0, 0.05) is 45.5 Å². The number of amides is 1. The Labute approximate surface area is 143 Å². The fourth-order valence-corrected chi connectivity index (χ4v) is 3.37. The highest BCUT2D eigenvalue weighted by Crippen LogP contribution is 2.33. The largest absolute Gasteiger partial charge is 0.378 e. The number of hydrogen-bond acceptors (Lipinski definition) is 3. The fraction of sp³-hybridized carbons (Fsp3) is 0.474. The predicted molar refractivity (Wildman–Crippen MR) is 96.0 cm³/mol. The van der Waals surface area contributed by atoms with Gasteiger partial charge in [0.25, 0.3) is 0 Å². The van der Waals surface area contributed by atoms with Crippen molar-refractivity contribution >= 4 is 11.6 Å². The zero-order valence-corrected chi connectivity index (χ0v) is 14.8. The minimum Gasteiger partial charge on any atom is -0.378 e. The molecule has 128 valence electrons. The Hall–Kier alpha value is -2.30. The molecule has 1 amide bonds. The molecule has 2 aromatic rings. The van der Waals surface area contributed by atoms with Crippen molar-refractivity contribution in [1.29, 1.82) is 0 Å². The van der Waals surface area contributed by atoms with E-state index in [1.54, 1.807) is 0 Å². The van der Waals surface area contributed by atoms with E-state index in [0.29, 0.717) is 13.0 Å². The van der Waals surface area contributed by atoms with Crippen LogP contribution in [0, 0.1) is 6.92 Å². The molecule has 1 fully saturated rings. The van der Waals surface area contributed by atoms with Crippen molar-refractivity contribution in [3.05, 3.63) is 47.8 Å². The monoisotopic (exact) mass is 326 g/mol. The van der Waals surface area contributed by atoms with Crippen LogP contribution in [-0.2, 0) is 11.3 Å². The predicted octanol–water partition coefficient (Wildman–Crippen LogP) is 3.01. The molecule has 1 aromatic heterocycles. The SMILES string of the molecule is Cc1cnn(CCC(=O)N2CCC[C@H]2c2cccc(N(C)C)c2)c1. The third-order valence-electron chi connectivity index (χ3n) is 4.66. The van der Waals surface area contributed by atoms with E-state index in [0.717, 1.165) is 24.9 Å². The molecule has 1 aliphatic rings. The molecule has 24 heavy (non-hydrogen) atoms. The first-order valence-corrected chi connectivity index (χ1v) is 8.60. The highest BCUT2D eigenvalue weighted by molar-refractivity contribution is 5.77. The van der Waals surface area contributed by atoms with Gasteiger partial charge in [0.05, 0.1) is 12.2 Å². The maximum Gasteiger partial charge on any atom is 0.224 e. The standard InChI is InChI=1S/C19H26N4O/c1-15-13-20-22(14-15)11-9-19(24)23-10-5-8-18(23)16-6-4-7-17(12-16)21(2)3/h4,6-7,12-14,18H,5,8-11H2,1-3H3/t18-/m0/s1. The third-order valence-corrected chi connectivity index (χ3v) is 4.66. The Morgan fingerprint density at radius 3 is 2.92 bits per heavy atom. The number of aromatic nitrogens is 2. The Kier molecular flexibility index (Phi) is 4.88. The first-order valence-electron chi connectivity index (χ1n) is 8.60. The molecule has 5 nitrogen and oxygen atoms in total. The van der Waals surface area contributed by atoms with Gasteiger partial charge < -0.3 is 9.80 Å². The molecular weight excluding hydrogens is 300 g/mol. The van der Waals surface area contributed by atoms with Crippen molar-refractivity contribution in [1.82, 2.24) is 14.7 Å². The van der Waals surface area contributed by atoms with Gasteiger partial charge in [-0.2, -0.15) is 5.10 Å². The van der Waals surface area contributed by atoms with Crippen molar-refractivity contribution in [3.8, 4) is 0 Å². The van der Waals surface area contributed by atoms with Gasteiger partial charge in [-0.05, 0) is 43.0 Å². The van der Waals surface area contributed by atoms with E-state index in [2.05, 4.69) is 34.3 Å². The molecular formula is C19H26N4O. The third kappa shape index (κ3) is 3.61. The molecule has 0 aliphatic carbocycles. The molecule has 0 radical (unpaired) electrons. The van der Waals surface area contributed by atoms with Gasteiger partial charge in [-0.15, -0.1) is 0 Å². The highest BCUT2D eigenvalue weighted by Gasteiger charge is 2.29. The summed E-state index contributed by atoms with van der Waals surface area (Å²) >= 11 is 0. The zero-order valence-electron chi connectivity index (χ0n) is 14.8. The second-order valence-electron chi connectivity index (χ2n) is 6.77. The van der Waals surface area contributed by atoms with Crippen molar-refractivity contribution < 1.29 is 4.79 Å². The van der Waals surface area contributed by atoms with Crippen LogP contribution >= 0.6 is 0 Å². The van der Waals surface area contributed by atoms with E-state index < -0.39 is 0 Å². The van der Waals surface area contributed by atoms with Gasteiger partial charge in [0.1, 0.15) is 0 Å². The number of hydrogen-bond donors (Lipinski definition) is 0. The number of carbonyl (C=O) groups excluding carboxylic acids is 1. The molecule has 2 heterocycles. The lowest BCUT2D eigenvalue weighted by Crippen LogP contribution is -2.31. The maximum absolute atomic E-state index is 12.7. The Morgan fingerprint density at radius 1 is 1.38 bits per heavy atom. The summed E-state index contributed by atoms with van der Waals surface area (Å²) in [5.41, 5.74) is 3.54. The summed E-state index contributed by atoms with van der Waals surface area (Å²) < 4.78 is 1.85. The number of likely N-dealkylation sites (tertiary alicyclic amines) is 1. The topological polar surface area (TPSA) is 41.4 Å². The molecule has 0 unspecified atom stereocenters. The van der Waals surface area contributed by atoms with Crippen LogP contribution in [0.5, 0.6) is 0 Å². The summed E-state index contributed by atoms with van der Waals surface area (Å²) in [5, 5.41) is 4.26. The number of nitrogens with zero attached hydrogens (tertiary/aromatic N) is 4. The van der Waals surface area contributed by atoms with Crippen LogP contribution in [0.1, 0.15) is 36.4 Å². The maximum atomic E-state index is 12.7. The first kappa shape index (κ1) is 16.6. The minimum atomic E-state index is 0.205. The van der Waals surface area contributed by atoms with Crippen LogP contribution in [-0.4, -0.2) is 41.2 Å². The fourth-order valence-electron chi connectivity index (χ4n) is 3.37. The second-order valence-corrected chi connectivity index (χ2v) is 6.77. The van der Waals surface area contributed by atoms with Crippen molar-refractivity contribution in [3.63, 3.8) is 0 Å². The summed E-state index contributed by atoms with van der Waals surface area (Å²) in [6, 6.07) is 8.73. The summed E-state index contributed by atoms with van der Waals surface area (Å²) in [6.07, 6.45) is 6.43. The molecule has 1 atom stereocenters. The normalized spacial score (nSPS) is 17.3. The molecule has 1 aliphatic heterocycles. The number of rotatable bonds is 5. The average molecular weight is 326 g/mol. The molecule has 0 spiro atoms. The van der Waals surface area contributed by atoms with E-state index in [4.69, 9.17) is 0 Å². The van der Waals surface area contributed by atoms with E-state index in [1.807, 2.05) is 43.0 Å². The van der Waals surface area contributed by atoms with Crippen LogP contribution in [0.3, 0.4) is 0 Å². The van der Waals surface area contributed by atoms with Crippen LogP contribution < -0.4 is 4.90 Å². The van der Waals surface area contributed by atoms with E-state index in [9.17, 15) is 4.79 Å². The first-order chi connectivity index (χ1) is 11.5. The van der Waals surface area contributed by atoms with Gasteiger partial charge in [-0.25, -0.2) is 0 Å². The number of carbonyl (C=O) groups is 1. The van der Waals surface area contributed by atoms with Crippen LogP contribution in [0.25, 0.3) is 0 Å². The lowest BCUT2D eigenvalue weighted by atomic mass is 10.0. The quantitative estimate of drug-likeness (QED) is 0.848. The highest BCUT2D eigenvalue weighted by atomic mass is 16.2. The number of benzene rings is 1. The smallest absolute Gasteiger partial charge is 0.224 e. The Bertz CT molecular complexity index is 707. The van der Waals surface area contributed by atoms with Gasteiger partial charge in [0.15, 0.2) is 0 Å². The van der Waals surface area contributed by atoms with Gasteiger partial charge in [-0.3, -0.25) is 9.48 Å². The van der Waals surface area contributed by atoms with Crippen molar-refractivity contribution in [2.45, 2.75) is 38.8 Å². The summed E-state index contributed by atoms with van der Waals surface area (Å²) in [6.45, 7) is 3.51. The number of anilines is 1. The van der Waals surface area contributed by atoms with Crippen LogP contribution in [0.4, 0.5) is 5.69 Å². The van der Waals surface area contributed by atoms with Crippen LogP contribution in [0.2, 0.25) is 0 Å². The van der Waals surface area contributed by atoms with Crippen molar-refractivity contribution in [2.75, 3.05) is 25.5 Å². The lowest BCUT2D eigenvalue weighted by molar-refractivity contribution is -0.132. The Balaban J connectivity index is 1.68. The molecule has 1 aromatic carbocycles. The van der Waals surface area contributed by atoms with Crippen molar-refractivity contribution in [2.24, 2.45) is 0 Å². The van der Waals surface area contributed by atoms with E-state index in [1.165, 1.54) is 11.3 Å². The summed E-state index contributed by atoms with van der Waals surface area (Å²) in [4.78, 5) is 16.9. The van der Waals surface area contributed by atoms with Gasteiger partial charge in [0.2, 0.25) is 5.91 Å².